The molecule has 118 valence electrons. The molecule has 0 fully saturated rings. The van der Waals surface area contributed by atoms with Crippen LogP contribution in [0.5, 0.6) is 0 Å². The molecule has 1 aliphatic heterocycles. The van der Waals surface area contributed by atoms with Crippen molar-refractivity contribution in [2.75, 3.05) is 18.6 Å². The van der Waals surface area contributed by atoms with E-state index in [0.29, 0.717) is 17.2 Å². The maximum absolute atomic E-state index is 12.5. The minimum atomic E-state index is -0.293. The molecule has 3 nitrogen and oxygen atoms in total. The lowest BCUT2D eigenvalue weighted by Crippen LogP contribution is -2.26. The van der Waals surface area contributed by atoms with Gasteiger partial charge < -0.3 is 9.64 Å². The van der Waals surface area contributed by atoms with Gasteiger partial charge >= 0.3 is 5.97 Å². The van der Waals surface area contributed by atoms with Crippen molar-refractivity contribution >= 4 is 23.3 Å². The van der Waals surface area contributed by atoms with Crippen LogP contribution in [-0.4, -0.2) is 19.6 Å². The van der Waals surface area contributed by atoms with Gasteiger partial charge in [-0.3, -0.25) is 0 Å². The number of benzene rings is 2. The van der Waals surface area contributed by atoms with E-state index in [0.717, 1.165) is 16.8 Å². The summed E-state index contributed by atoms with van der Waals surface area (Å²) in [5, 5.41) is 0.656. The molecule has 0 N–H and O–H groups in total. The fraction of sp³-hybridized carbons (Fsp3) is 0.211. The molecule has 1 unspecified atom stereocenters. The van der Waals surface area contributed by atoms with Crippen molar-refractivity contribution in [3.8, 4) is 0 Å². The molecule has 0 radical (unpaired) electrons. The summed E-state index contributed by atoms with van der Waals surface area (Å²) in [6.07, 6.45) is 1.85. The summed E-state index contributed by atoms with van der Waals surface area (Å²) >= 11 is 6.21. The highest BCUT2D eigenvalue weighted by molar-refractivity contribution is 6.30. The lowest BCUT2D eigenvalue weighted by molar-refractivity contribution is -0.138. The first kappa shape index (κ1) is 15.6. The number of nitrogens with zero attached hydrogens (tertiary/aromatic N) is 1. The molecule has 0 saturated heterocycles. The molecule has 3 rings (SSSR count). The van der Waals surface area contributed by atoms with E-state index in [1.807, 2.05) is 73.6 Å². The number of esters is 1. The second kappa shape index (κ2) is 6.47. The summed E-state index contributed by atoms with van der Waals surface area (Å²) < 4.78 is 5.26. The Morgan fingerprint density at radius 1 is 1.22 bits per heavy atom. The van der Waals surface area contributed by atoms with Crippen molar-refractivity contribution in [1.82, 2.24) is 0 Å². The van der Waals surface area contributed by atoms with Crippen molar-refractivity contribution in [1.29, 1.82) is 0 Å². The van der Waals surface area contributed by atoms with Gasteiger partial charge in [0.05, 0.1) is 12.2 Å². The first-order chi connectivity index (χ1) is 11.1. The zero-order valence-corrected chi connectivity index (χ0v) is 13.9. The monoisotopic (exact) mass is 327 g/mol. The number of fused-ring (bicyclic) bond motifs is 1. The lowest BCUT2D eigenvalue weighted by atomic mass is 9.82. The van der Waals surface area contributed by atoms with E-state index in [9.17, 15) is 4.79 Å². The highest BCUT2D eigenvalue weighted by Gasteiger charge is 2.32. The fourth-order valence-electron chi connectivity index (χ4n) is 2.99. The fourth-order valence-corrected chi connectivity index (χ4v) is 3.17. The number of anilines is 1. The minimum Gasteiger partial charge on any atom is -0.463 e. The third-order valence-corrected chi connectivity index (χ3v) is 4.20. The van der Waals surface area contributed by atoms with Crippen LogP contribution in [0.4, 0.5) is 5.69 Å². The molecule has 4 heteroatoms. The molecule has 0 aromatic heterocycles. The second-order valence-electron chi connectivity index (χ2n) is 5.46. The van der Waals surface area contributed by atoms with Gasteiger partial charge in [0.1, 0.15) is 0 Å². The van der Waals surface area contributed by atoms with Crippen LogP contribution < -0.4 is 4.90 Å². The quantitative estimate of drug-likeness (QED) is 0.784. The number of carbonyl (C=O) groups is 1. The molecule has 23 heavy (non-hydrogen) atoms. The number of hydrogen-bond donors (Lipinski definition) is 0. The van der Waals surface area contributed by atoms with Gasteiger partial charge in [-0.25, -0.2) is 4.79 Å². The maximum atomic E-state index is 12.5. The molecule has 0 spiro atoms. The maximum Gasteiger partial charge on any atom is 0.336 e. The molecule has 0 saturated carbocycles. The van der Waals surface area contributed by atoms with Crippen molar-refractivity contribution in [2.24, 2.45) is 0 Å². The largest absolute Gasteiger partial charge is 0.463 e. The summed E-state index contributed by atoms with van der Waals surface area (Å²) in [4.78, 5) is 14.4. The van der Waals surface area contributed by atoms with Gasteiger partial charge in [0.2, 0.25) is 0 Å². The topological polar surface area (TPSA) is 29.5 Å². The second-order valence-corrected chi connectivity index (χ2v) is 5.90. The van der Waals surface area contributed by atoms with Gasteiger partial charge in [-0.05, 0) is 36.2 Å². The Balaban J connectivity index is 2.18. The number of ether oxygens (including phenoxy) is 1. The minimum absolute atomic E-state index is 0.180. The van der Waals surface area contributed by atoms with E-state index in [2.05, 4.69) is 0 Å². The lowest BCUT2D eigenvalue weighted by Gasteiger charge is -2.32. The van der Waals surface area contributed by atoms with Crippen LogP contribution in [0, 0.1) is 0 Å². The summed E-state index contributed by atoms with van der Waals surface area (Å²) in [5.41, 5.74) is 3.71. The number of carbonyl (C=O) groups excluding carboxylic acids is 1. The number of hydrogen-bond acceptors (Lipinski definition) is 3. The highest BCUT2D eigenvalue weighted by atomic mass is 35.5. The first-order valence-electron chi connectivity index (χ1n) is 7.58. The smallest absolute Gasteiger partial charge is 0.336 e. The van der Waals surface area contributed by atoms with E-state index in [4.69, 9.17) is 16.3 Å². The predicted octanol–water partition coefficient (Wildman–Crippen LogP) is 4.37. The molecule has 2 aromatic carbocycles. The zero-order chi connectivity index (χ0) is 16.4. The van der Waals surface area contributed by atoms with Crippen molar-refractivity contribution in [3.05, 3.63) is 76.5 Å². The Labute approximate surface area is 141 Å². The first-order valence-corrected chi connectivity index (χ1v) is 7.95. The SMILES string of the molecule is CCOC(=O)C1=CN(C)c2ccc(Cl)cc2C1c1ccccc1. The average molecular weight is 328 g/mol. The van der Waals surface area contributed by atoms with Crippen molar-refractivity contribution in [2.45, 2.75) is 12.8 Å². The van der Waals surface area contributed by atoms with Gasteiger partial charge in [0, 0.05) is 29.9 Å². The standard InChI is InChI=1S/C19H18ClNO2/c1-3-23-19(22)16-12-21(2)17-10-9-14(20)11-15(17)18(16)13-7-5-4-6-8-13/h4-12,18H,3H2,1-2H3. The van der Waals surface area contributed by atoms with Gasteiger partial charge in [0.15, 0.2) is 0 Å². The molecule has 1 atom stereocenters. The van der Waals surface area contributed by atoms with Crippen LogP contribution in [0.2, 0.25) is 5.02 Å². The number of halogens is 1. The van der Waals surface area contributed by atoms with Crippen LogP contribution >= 0.6 is 11.6 Å². The molecule has 1 aliphatic rings. The highest BCUT2D eigenvalue weighted by Crippen LogP contribution is 2.42. The van der Waals surface area contributed by atoms with E-state index in [-0.39, 0.29) is 11.9 Å². The Hall–Kier alpha value is -2.26. The third kappa shape index (κ3) is 2.97. The molecule has 2 aromatic rings. The van der Waals surface area contributed by atoms with Crippen molar-refractivity contribution < 1.29 is 9.53 Å². The van der Waals surface area contributed by atoms with Crippen LogP contribution in [0.3, 0.4) is 0 Å². The van der Waals surface area contributed by atoms with Crippen LogP contribution in [0.25, 0.3) is 0 Å². The van der Waals surface area contributed by atoms with Crippen molar-refractivity contribution in [3.63, 3.8) is 0 Å². The van der Waals surface area contributed by atoms with Gasteiger partial charge in [-0.1, -0.05) is 41.9 Å². The van der Waals surface area contributed by atoms with E-state index in [1.54, 1.807) is 0 Å². The summed E-state index contributed by atoms with van der Waals surface area (Å²) in [6.45, 7) is 2.16. The van der Waals surface area contributed by atoms with E-state index >= 15 is 0 Å². The normalized spacial score (nSPS) is 16.6. The Morgan fingerprint density at radius 3 is 2.65 bits per heavy atom. The summed E-state index contributed by atoms with van der Waals surface area (Å²) in [7, 11) is 1.92. The molecule has 1 heterocycles. The van der Waals surface area contributed by atoms with Gasteiger partial charge in [-0.15, -0.1) is 0 Å². The Bertz CT molecular complexity index is 755. The molecule has 0 amide bonds. The third-order valence-electron chi connectivity index (χ3n) is 3.97. The van der Waals surface area contributed by atoms with Crippen LogP contribution in [-0.2, 0) is 9.53 Å². The number of rotatable bonds is 3. The molecular formula is C19H18ClNO2. The van der Waals surface area contributed by atoms with Crippen LogP contribution in [0.1, 0.15) is 24.0 Å². The molecule has 0 aliphatic carbocycles. The molecule has 0 bridgehead atoms. The Kier molecular flexibility index (Phi) is 4.39. The van der Waals surface area contributed by atoms with Gasteiger partial charge in [0.25, 0.3) is 0 Å². The van der Waals surface area contributed by atoms with Crippen LogP contribution in [0.15, 0.2) is 60.3 Å². The van der Waals surface area contributed by atoms with E-state index < -0.39 is 0 Å². The predicted molar refractivity (Wildman–Crippen MR) is 92.9 cm³/mol. The summed E-state index contributed by atoms with van der Waals surface area (Å²) in [6, 6.07) is 15.7. The molecular weight excluding hydrogens is 310 g/mol. The average Bonchev–Trinajstić information content (AvgIpc) is 2.55. The summed E-state index contributed by atoms with van der Waals surface area (Å²) in [5.74, 6) is -0.473. The van der Waals surface area contributed by atoms with E-state index in [1.165, 1.54) is 0 Å². The zero-order valence-electron chi connectivity index (χ0n) is 13.1. The Morgan fingerprint density at radius 2 is 1.96 bits per heavy atom. The van der Waals surface area contributed by atoms with Gasteiger partial charge in [-0.2, -0.15) is 0 Å².